The van der Waals surface area contributed by atoms with E-state index in [-0.39, 0.29) is 0 Å². The molecular weight excluding hydrogens is 394 g/mol. The maximum Gasteiger partial charge on any atom is 0.0880 e. The lowest BCUT2D eigenvalue weighted by molar-refractivity contribution is 1.37. The molecule has 6 rings (SSSR count). The monoisotopic (exact) mass is 415 g/mol. The molecule has 0 amide bonds. The Kier molecular flexibility index (Phi) is 4.15. The van der Waals surface area contributed by atoms with Crippen molar-refractivity contribution in [1.29, 1.82) is 0 Å². The Morgan fingerprint density at radius 2 is 1.42 bits per heavy atom. The quantitative estimate of drug-likeness (QED) is 0.258. The SMILES string of the molecule is Cc1cccc(C)c1-c1cc2ccnc(-c3ccc4c(ccc5ccccc54)c3)c2s1. The predicted octanol–water partition coefficient (Wildman–Crippen LogP) is 8.55. The number of fused-ring (bicyclic) bond motifs is 4. The van der Waals surface area contributed by atoms with Gasteiger partial charge in [-0.2, -0.15) is 0 Å². The minimum absolute atomic E-state index is 1.06. The molecule has 0 aliphatic heterocycles. The molecule has 148 valence electrons. The van der Waals surface area contributed by atoms with E-state index in [2.05, 4.69) is 98.8 Å². The van der Waals surface area contributed by atoms with E-state index in [1.807, 2.05) is 17.5 Å². The predicted molar refractivity (Wildman–Crippen MR) is 135 cm³/mol. The van der Waals surface area contributed by atoms with Crippen LogP contribution in [0.1, 0.15) is 11.1 Å². The Labute approximate surface area is 185 Å². The van der Waals surface area contributed by atoms with Crippen molar-refractivity contribution in [2.24, 2.45) is 0 Å². The van der Waals surface area contributed by atoms with Gasteiger partial charge in [-0.25, -0.2) is 0 Å². The highest BCUT2D eigenvalue weighted by Gasteiger charge is 2.14. The van der Waals surface area contributed by atoms with Crippen LogP contribution in [0.2, 0.25) is 0 Å². The lowest BCUT2D eigenvalue weighted by atomic mass is 9.99. The first-order chi connectivity index (χ1) is 15.2. The standard InChI is InChI=1S/C29H21NS/c1-18-6-5-7-19(2)27(18)26-17-23-14-15-30-28(29(23)31-26)22-12-13-25-21(16-22)11-10-20-8-3-4-9-24(20)25/h3-17H,1-2H3. The van der Waals surface area contributed by atoms with Crippen LogP contribution in [0.3, 0.4) is 0 Å². The van der Waals surface area contributed by atoms with Crippen LogP contribution in [-0.2, 0) is 0 Å². The van der Waals surface area contributed by atoms with Gasteiger partial charge in [-0.15, -0.1) is 11.3 Å². The van der Waals surface area contributed by atoms with E-state index >= 15 is 0 Å². The zero-order valence-corrected chi connectivity index (χ0v) is 18.3. The Morgan fingerprint density at radius 1 is 0.645 bits per heavy atom. The van der Waals surface area contributed by atoms with Crippen molar-refractivity contribution in [3.05, 3.63) is 102 Å². The number of pyridine rings is 1. The van der Waals surface area contributed by atoms with Gasteiger partial charge in [0, 0.05) is 16.6 Å². The van der Waals surface area contributed by atoms with Gasteiger partial charge in [0.05, 0.1) is 10.4 Å². The Balaban J connectivity index is 1.55. The Bertz CT molecular complexity index is 1590. The highest BCUT2D eigenvalue weighted by Crippen LogP contribution is 2.41. The first-order valence-electron chi connectivity index (χ1n) is 10.6. The minimum atomic E-state index is 1.06. The summed E-state index contributed by atoms with van der Waals surface area (Å²) < 4.78 is 1.25. The number of nitrogens with zero attached hydrogens (tertiary/aromatic N) is 1. The van der Waals surface area contributed by atoms with Crippen molar-refractivity contribution < 1.29 is 0 Å². The normalized spacial score (nSPS) is 11.5. The third kappa shape index (κ3) is 2.95. The summed E-state index contributed by atoms with van der Waals surface area (Å²) >= 11 is 1.85. The van der Waals surface area contributed by atoms with Crippen molar-refractivity contribution in [3.8, 4) is 21.7 Å². The van der Waals surface area contributed by atoms with Crippen molar-refractivity contribution >= 4 is 43.0 Å². The van der Waals surface area contributed by atoms with Gasteiger partial charge in [0.1, 0.15) is 0 Å². The fraction of sp³-hybridized carbons (Fsp3) is 0.0690. The number of hydrogen-bond acceptors (Lipinski definition) is 2. The molecule has 4 aromatic carbocycles. The number of thiophene rings is 1. The first kappa shape index (κ1) is 18.3. The lowest BCUT2D eigenvalue weighted by Gasteiger charge is -2.08. The second-order valence-corrected chi connectivity index (χ2v) is 9.23. The van der Waals surface area contributed by atoms with Crippen molar-refractivity contribution in [1.82, 2.24) is 4.98 Å². The summed E-state index contributed by atoms with van der Waals surface area (Å²) in [6.45, 7) is 4.39. The van der Waals surface area contributed by atoms with Gasteiger partial charge in [-0.3, -0.25) is 4.98 Å². The molecule has 0 fully saturated rings. The van der Waals surface area contributed by atoms with Crippen LogP contribution >= 0.6 is 11.3 Å². The van der Waals surface area contributed by atoms with Gasteiger partial charge >= 0.3 is 0 Å². The molecule has 0 saturated carbocycles. The van der Waals surface area contributed by atoms with Crippen LogP contribution in [0.5, 0.6) is 0 Å². The van der Waals surface area contributed by atoms with Crippen LogP contribution in [0.15, 0.2) is 91.1 Å². The summed E-state index contributed by atoms with van der Waals surface area (Å²) in [7, 11) is 0. The summed E-state index contributed by atoms with van der Waals surface area (Å²) in [5.74, 6) is 0. The average molecular weight is 416 g/mol. The second-order valence-electron chi connectivity index (χ2n) is 8.18. The van der Waals surface area contributed by atoms with Crippen molar-refractivity contribution in [2.75, 3.05) is 0 Å². The van der Waals surface area contributed by atoms with Crippen molar-refractivity contribution in [2.45, 2.75) is 13.8 Å². The van der Waals surface area contributed by atoms with Crippen LogP contribution < -0.4 is 0 Å². The molecule has 0 atom stereocenters. The summed E-state index contributed by atoms with van der Waals surface area (Å²) in [6, 6.07) is 30.7. The zero-order valence-electron chi connectivity index (χ0n) is 17.5. The van der Waals surface area contributed by atoms with E-state index in [0.29, 0.717) is 0 Å². The number of aromatic nitrogens is 1. The van der Waals surface area contributed by atoms with E-state index in [0.717, 1.165) is 5.69 Å². The molecule has 2 heteroatoms. The van der Waals surface area contributed by atoms with Gasteiger partial charge < -0.3 is 0 Å². The zero-order chi connectivity index (χ0) is 20.9. The molecule has 0 bridgehead atoms. The Morgan fingerprint density at radius 3 is 2.29 bits per heavy atom. The first-order valence-corrected chi connectivity index (χ1v) is 11.4. The molecule has 0 saturated heterocycles. The van der Waals surface area contributed by atoms with E-state index < -0.39 is 0 Å². The Hall–Kier alpha value is -3.49. The fourth-order valence-corrected chi connectivity index (χ4v) is 6.00. The van der Waals surface area contributed by atoms with Crippen LogP contribution in [0, 0.1) is 13.8 Å². The number of rotatable bonds is 2. The lowest BCUT2D eigenvalue weighted by Crippen LogP contribution is -1.84. The molecule has 6 aromatic rings. The van der Waals surface area contributed by atoms with Gasteiger partial charge in [0.15, 0.2) is 0 Å². The summed E-state index contributed by atoms with van der Waals surface area (Å²) in [6.07, 6.45) is 1.93. The van der Waals surface area contributed by atoms with Crippen LogP contribution in [0.25, 0.3) is 53.3 Å². The molecule has 2 aromatic heterocycles. The largest absolute Gasteiger partial charge is 0.255 e. The topological polar surface area (TPSA) is 12.9 Å². The number of hydrogen-bond donors (Lipinski definition) is 0. The van der Waals surface area contributed by atoms with Crippen LogP contribution in [0.4, 0.5) is 0 Å². The van der Waals surface area contributed by atoms with E-state index in [4.69, 9.17) is 4.98 Å². The molecule has 0 unspecified atom stereocenters. The third-order valence-corrected chi connectivity index (χ3v) is 7.35. The minimum Gasteiger partial charge on any atom is -0.255 e. The van der Waals surface area contributed by atoms with Crippen molar-refractivity contribution in [3.63, 3.8) is 0 Å². The summed E-state index contributed by atoms with van der Waals surface area (Å²) in [5.41, 5.74) is 6.22. The smallest absolute Gasteiger partial charge is 0.0880 e. The fourth-order valence-electron chi connectivity index (χ4n) is 4.66. The molecular formula is C29H21NS. The molecule has 0 aliphatic carbocycles. The van der Waals surface area contributed by atoms with Gasteiger partial charge in [0.25, 0.3) is 0 Å². The molecule has 0 aliphatic rings. The highest BCUT2D eigenvalue weighted by atomic mass is 32.1. The average Bonchev–Trinajstić information content (AvgIpc) is 3.22. The summed E-state index contributed by atoms with van der Waals surface area (Å²) in [4.78, 5) is 6.12. The molecule has 2 heterocycles. The molecule has 0 radical (unpaired) electrons. The van der Waals surface area contributed by atoms with Gasteiger partial charge in [-0.05, 0) is 75.7 Å². The maximum absolute atomic E-state index is 4.81. The maximum atomic E-state index is 4.81. The molecule has 0 spiro atoms. The van der Waals surface area contributed by atoms with Gasteiger partial charge in [-0.1, -0.05) is 66.7 Å². The van der Waals surface area contributed by atoms with Crippen LogP contribution in [-0.4, -0.2) is 4.98 Å². The van der Waals surface area contributed by atoms with E-state index in [9.17, 15) is 0 Å². The van der Waals surface area contributed by atoms with E-state index in [1.165, 1.54) is 58.8 Å². The van der Waals surface area contributed by atoms with E-state index in [1.54, 1.807) is 0 Å². The molecule has 0 N–H and O–H groups in total. The highest BCUT2D eigenvalue weighted by molar-refractivity contribution is 7.22. The third-order valence-electron chi connectivity index (χ3n) is 6.18. The number of benzene rings is 4. The summed E-state index contributed by atoms with van der Waals surface area (Å²) in [5, 5.41) is 6.37. The molecule has 1 nitrogen and oxygen atoms in total. The number of aryl methyl sites for hydroxylation is 2. The van der Waals surface area contributed by atoms with Gasteiger partial charge in [0.2, 0.25) is 0 Å². The molecule has 31 heavy (non-hydrogen) atoms. The second kappa shape index (κ2) is 7.04.